The van der Waals surface area contributed by atoms with E-state index in [0.29, 0.717) is 6.54 Å². The molecule has 0 saturated carbocycles. The van der Waals surface area contributed by atoms with Gasteiger partial charge < -0.3 is 10.0 Å². The molecule has 3 rings (SSSR count). The number of halogens is 1. The first-order chi connectivity index (χ1) is 17.1. The summed E-state index contributed by atoms with van der Waals surface area (Å²) in [7, 11) is 0. The molecule has 3 heteroatoms. The van der Waals surface area contributed by atoms with E-state index in [0.717, 1.165) is 39.8 Å². The average Bonchev–Trinajstić information content (AvgIpc) is 2.88. The Hall–Kier alpha value is -1.61. The van der Waals surface area contributed by atoms with Crippen LogP contribution in [0.1, 0.15) is 103 Å². The summed E-state index contributed by atoms with van der Waals surface area (Å²) in [4.78, 5) is 2.51. The van der Waals surface area contributed by atoms with Crippen LogP contribution < -0.4 is 0 Å². The molecule has 1 N–H and O–H groups in total. The van der Waals surface area contributed by atoms with E-state index >= 15 is 0 Å². The fourth-order valence-electron chi connectivity index (χ4n) is 5.16. The Bertz CT molecular complexity index is 1000. The number of nitrogens with zero attached hydrogens (tertiary/aromatic N) is 1. The van der Waals surface area contributed by atoms with Gasteiger partial charge in [-0.1, -0.05) is 126 Å². The van der Waals surface area contributed by atoms with Gasteiger partial charge in [-0.25, -0.2) is 0 Å². The van der Waals surface area contributed by atoms with E-state index in [9.17, 15) is 5.11 Å². The molecule has 1 atom stereocenters. The predicted octanol–water partition coefficient (Wildman–Crippen LogP) is 9.70. The van der Waals surface area contributed by atoms with Crippen LogP contribution in [0, 0.1) is 0 Å². The lowest BCUT2D eigenvalue weighted by Crippen LogP contribution is -2.31. The van der Waals surface area contributed by atoms with Gasteiger partial charge in [-0.3, -0.25) is 0 Å². The molecule has 0 aliphatic carbocycles. The van der Waals surface area contributed by atoms with Crippen LogP contribution in [-0.4, -0.2) is 29.6 Å². The van der Waals surface area contributed by atoms with Crippen molar-refractivity contribution in [2.75, 3.05) is 19.6 Å². The van der Waals surface area contributed by atoms with Crippen molar-refractivity contribution in [3.05, 3.63) is 59.1 Å². The van der Waals surface area contributed by atoms with Crippen LogP contribution in [0.25, 0.3) is 21.5 Å². The van der Waals surface area contributed by atoms with E-state index in [4.69, 9.17) is 11.6 Å². The molecule has 0 amide bonds. The third kappa shape index (κ3) is 8.77. The van der Waals surface area contributed by atoms with Gasteiger partial charge in [0, 0.05) is 17.0 Å². The lowest BCUT2D eigenvalue weighted by atomic mass is 9.98. The van der Waals surface area contributed by atoms with E-state index < -0.39 is 6.10 Å². The van der Waals surface area contributed by atoms with E-state index in [1.807, 2.05) is 12.1 Å². The van der Waals surface area contributed by atoms with Gasteiger partial charge in [-0.2, -0.15) is 0 Å². The number of aliphatic hydroxyl groups is 1. The highest BCUT2D eigenvalue weighted by atomic mass is 35.5. The first-order valence-electron chi connectivity index (χ1n) is 14.1. The molecular formula is C32H46ClNO. The monoisotopic (exact) mass is 495 g/mol. The maximum absolute atomic E-state index is 11.3. The Morgan fingerprint density at radius 3 is 1.89 bits per heavy atom. The Labute approximate surface area is 218 Å². The molecule has 0 unspecified atom stereocenters. The van der Waals surface area contributed by atoms with Crippen molar-refractivity contribution in [1.29, 1.82) is 0 Å². The van der Waals surface area contributed by atoms with Gasteiger partial charge in [0.2, 0.25) is 0 Å². The number of benzene rings is 3. The van der Waals surface area contributed by atoms with Crippen molar-refractivity contribution >= 4 is 33.1 Å². The molecule has 192 valence electrons. The van der Waals surface area contributed by atoms with Crippen molar-refractivity contribution in [2.45, 2.75) is 97.0 Å². The minimum atomic E-state index is -0.478. The summed E-state index contributed by atoms with van der Waals surface area (Å²) in [6.45, 7) is 7.43. The van der Waals surface area contributed by atoms with Crippen LogP contribution in [0.4, 0.5) is 0 Å². The minimum absolute atomic E-state index is 0.478. The van der Waals surface area contributed by atoms with Gasteiger partial charge in [0.15, 0.2) is 0 Å². The zero-order valence-corrected chi connectivity index (χ0v) is 22.8. The quantitative estimate of drug-likeness (QED) is 0.149. The molecule has 0 heterocycles. The second kappa shape index (κ2) is 15.5. The van der Waals surface area contributed by atoms with E-state index in [-0.39, 0.29) is 0 Å². The summed E-state index contributed by atoms with van der Waals surface area (Å²) < 4.78 is 0. The maximum atomic E-state index is 11.3. The lowest BCUT2D eigenvalue weighted by molar-refractivity contribution is 0.110. The molecule has 3 aromatic carbocycles. The van der Waals surface area contributed by atoms with Crippen molar-refractivity contribution in [3.63, 3.8) is 0 Å². The first kappa shape index (κ1) is 28.0. The Morgan fingerprint density at radius 2 is 1.26 bits per heavy atom. The summed E-state index contributed by atoms with van der Waals surface area (Å²) >= 11 is 6.53. The van der Waals surface area contributed by atoms with Crippen molar-refractivity contribution in [1.82, 2.24) is 4.90 Å². The van der Waals surface area contributed by atoms with E-state index in [1.165, 1.54) is 82.4 Å². The van der Waals surface area contributed by atoms with Crippen LogP contribution in [-0.2, 0) is 0 Å². The number of rotatable bonds is 17. The normalized spacial score (nSPS) is 12.7. The lowest BCUT2D eigenvalue weighted by Gasteiger charge is -2.25. The third-order valence-electron chi connectivity index (χ3n) is 7.31. The zero-order valence-electron chi connectivity index (χ0n) is 22.1. The summed E-state index contributed by atoms with van der Waals surface area (Å²) in [5, 5.41) is 16.6. The van der Waals surface area contributed by atoms with Gasteiger partial charge >= 0.3 is 0 Å². The van der Waals surface area contributed by atoms with Crippen molar-refractivity contribution in [3.8, 4) is 0 Å². The summed E-state index contributed by atoms with van der Waals surface area (Å²) in [5.74, 6) is 0. The Morgan fingerprint density at radius 1 is 0.686 bits per heavy atom. The average molecular weight is 496 g/mol. The molecule has 0 fully saturated rings. The highest BCUT2D eigenvalue weighted by molar-refractivity contribution is 6.37. The Kier molecular flexibility index (Phi) is 12.4. The SMILES string of the molecule is CCCCCCCCN(CCCCCCCC)C[C@@H](O)c1ccc2cc(Cl)c3ccccc3c2c1. The maximum Gasteiger partial charge on any atom is 0.0917 e. The van der Waals surface area contributed by atoms with Crippen molar-refractivity contribution in [2.24, 2.45) is 0 Å². The molecule has 35 heavy (non-hydrogen) atoms. The van der Waals surface area contributed by atoms with Crippen LogP contribution >= 0.6 is 11.6 Å². The van der Waals surface area contributed by atoms with E-state index in [2.05, 4.69) is 55.1 Å². The smallest absolute Gasteiger partial charge is 0.0917 e. The van der Waals surface area contributed by atoms with Gasteiger partial charge in [0.25, 0.3) is 0 Å². The molecule has 0 bridgehead atoms. The van der Waals surface area contributed by atoms with Crippen LogP contribution in [0.5, 0.6) is 0 Å². The van der Waals surface area contributed by atoms with Crippen molar-refractivity contribution < 1.29 is 5.11 Å². The summed E-state index contributed by atoms with van der Waals surface area (Å²) in [6.07, 6.45) is 15.2. The Balaban J connectivity index is 1.65. The molecule has 0 spiro atoms. The molecule has 0 radical (unpaired) electrons. The molecule has 0 aromatic heterocycles. The van der Waals surface area contributed by atoms with Gasteiger partial charge in [-0.15, -0.1) is 0 Å². The largest absolute Gasteiger partial charge is 0.387 e. The molecule has 3 aromatic rings. The molecule has 2 nitrogen and oxygen atoms in total. The van der Waals surface area contributed by atoms with Crippen LogP contribution in [0.2, 0.25) is 5.02 Å². The van der Waals surface area contributed by atoms with Gasteiger partial charge in [0.1, 0.15) is 0 Å². The first-order valence-corrected chi connectivity index (χ1v) is 14.5. The fraction of sp³-hybridized carbons (Fsp3) is 0.562. The van der Waals surface area contributed by atoms with E-state index in [1.54, 1.807) is 0 Å². The number of hydrogen-bond acceptors (Lipinski definition) is 2. The zero-order chi connectivity index (χ0) is 24.9. The second-order valence-corrected chi connectivity index (χ2v) is 10.6. The van der Waals surface area contributed by atoms with Gasteiger partial charge in [-0.05, 0) is 59.8 Å². The molecule has 0 saturated heterocycles. The van der Waals surface area contributed by atoms with Crippen LogP contribution in [0.3, 0.4) is 0 Å². The highest BCUT2D eigenvalue weighted by Gasteiger charge is 2.15. The molecule has 0 aliphatic rings. The number of hydrogen-bond donors (Lipinski definition) is 1. The molecule has 0 aliphatic heterocycles. The van der Waals surface area contributed by atoms with Crippen LogP contribution in [0.15, 0.2) is 48.5 Å². The standard InChI is InChI=1S/C32H46ClNO/c1-3-5-7-9-11-15-21-34(22-16-12-10-8-6-4-2)25-32(35)27-20-19-26-24-31(33)29-18-14-13-17-28(29)30(26)23-27/h13-14,17-20,23-24,32,35H,3-12,15-16,21-22,25H2,1-2H3/t32-/m1/s1. The number of unbranched alkanes of at least 4 members (excludes halogenated alkanes) is 10. The number of aliphatic hydroxyl groups excluding tert-OH is 1. The topological polar surface area (TPSA) is 23.5 Å². The summed E-state index contributed by atoms with van der Waals surface area (Å²) in [6, 6.07) is 16.7. The number of fused-ring (bicyclic) bond motifs is 3. The third-order valence-corrected chi connectivity index (χ3v) is 7.62. The minimum Gasteiger partial charge on any atom is -0.387 e. The predicted molar refractivity (Wildman–Crippen MR) is 155 cm³/mol. The van der Waals surface area contributed by atoms with Gasteiger partial charge in [0.05, 0.1) is 6.10 Å². The second-order valence-electron chi connectivity index (χ2n) is 10.2. The molecular weight excluding hydrogens is 450 g/mol. The fourth-order valence-corrected chi connectivity index (χ4v) is 5.44. The summed E-state index contributed by atoms with van der Waals surface area (Å²) in [5.41, 5.74) is 1.00. The highest BCUT2D eigenvalue weighted by Crippen LogP contribution is 2.33.